The van der Waals surface area contributed by atoms with Crippen molar-refractivity contribution in [1.29, 1.82) is 0 Å². The van der Waals surface area contributed by atoms with Gasteiger partial charge in [0.1, 0.15) is 5.82 Å². The number of methoxy groups -OCH3 is 1. The first kappa shape index (κ1) is 19.1. The number of piperidine rings is 1. The zero-order valence-corrected chi connectivity index (χ0v) is 17.2. The van der Waals surface area contributed by atoms with E-state index in [1.165, 1.54) is 4.68 Å². The smallest absolute Gasteiger partial charge is 0.346 e. The largest absolute Gasteiger partial charge is 0.383 e. The van der Waals surface area contributed by atoms with Crippen LogP contribution in [-0.2, 0) is 11.3 Å². The highest BCUT2D eigenvalue weighted by Crippen LogP contribution is 2.37. The van der Waals surface area contributed by atoms with Crippen molar-refractivity contribution >= 4 is 16.8 Å². The number of aromatic nitrogens is 4. The topological polar surface area (TPSA) is 85.2 Å². The average molecular weight is 409 g/mol. The number of nitrogens with zero attached hydrogens (tertiary/aromatic N) is 4. The molecule has 1 saturated carbocycles. The lowest BCUT2D eigenvalue weighted by molar-refractivity contribution is 0.0705. The summed E-state index contributed by atoms with van der Waals surface area (Å²) in [7, 11) is 1.62. The SMILES string of the molecule is COCCn1nc(C2CCCN(C(=O)c3c[nH]c4ccccc34)C2)n(C2CC2)c1=O. The summed E-state index contributed by atoms with van der Waals surface area (Å²) in [6, 6.07) is 8.12. The number of hydrogen-bond donors (Lipinski definition) is 1. The zero-order valence-electron chi connectivity index (χ0n) is 17.2. The Labute approximate surface area is 174 Å². The van der Waals surface area contributed by atoms with Gasteiger partial charge in [-0.1, -0.05) is 18.2 Å². The van der Waals surface area contributed by atoms with E-state index in [0.717, 1.165) is 49.0 Å². The summed E-state index contributed by atoms with van der Waals surface area (Å²) in [5.41, 5.74) is 1.62. The second-order valence-corrected chi connectivity index (χ2v) is 8.30. The lowest BCUT2D eigenvalue weighted by atomic mass is 9.96. The number of amides is 1. The van der Waals surface area contributed by atoms with Crippen LogP contribution in [0.4, 0.5) is 0 Å². The van der Waals surface area contributed by atoms with Crippen LogP contribution in [0.25, 0.3) is 10.9 Å². The number of carbonyl (C=O) groups excluding carboxylic acids is 1. The normalized spacial score (nSPS) is 19.5. The minimum atomic E-state index is -0.0513. The van der Waals surface area contributed by atoms with Crippen LogP contribution in [0.2, 0.25) is 0 Å². The van der Waals surface area contributed by atoms with Gasteiger partial charge in [0, 0.05) is 49.3 Å². The third-order valence-corrected chi connectivity index (χ3v) is 6.21. The van der Waals surface area contributed by atoms with Gasteiger partial charge >= 0.3 is 5.69 Å². The third kappa shape index (κ3) is 3.35. The van der Waals surface area contributed by atoms with E-state index in [4.69, 9.17) is 4.74 Å². The minimum absolute atomic E-state index is 0.0382. The van der Waals surface area contributed by atoms with E-state index in [2.05, 4.69) is 10.1 Å². The predicted octanol–water partition coefficient (Wildman–Crippen LogP) is 2.53. The van der Waals surface area contributed by atoms with Crippen molar-refractivity contribution in [1.82, 2.24) is 24.2 Å². The van der Waals surface area contributed by atoms with Gasteiger partial charge in [-0.05, 0) is 31.7 Å². The Morgan fingerprint density at radius 1 is 1.27 bits per heavy atom. The van der Waals surface area contributed by atoms with Crippen molar-refractivity contribution in [2.24, 2.45) is 0 Å². The maximum atomic E-state index is 13.3. The van der Waals surface area contributed by atoms with Gasteiger partial charge in [-0.15, -0.1) is 0 Å². The van der Waals surface area contributed by atoms with Crippen LogP contribution in [0.5, 0.6) is 0 Å². The highest BCUT2D eigenvalue weighted by atomic mass is 16.5. The quantitative estimate of drug-likeness (QED) is 0.678. The number of H-pyrrole nitrogens is 1. The number of rotatable bonds is 6. The van der Waals surface area contributed by atoms with Gasteiger partial charge < -0.3 is 14.6 Å². The Bertz CT molecular complexity index is 1120. The van der Waals surface area contributed by atoms with Gasteiger partial charge in [-0.25, -0.2) is 9.48 Å². The average Bonchev–Trinajstić information content (AvgIpc) is 3.43. The van der Waals surface area contributed by atoms with Crippen molar-refractivity contribution in [3.63, 3.8) is 0 Å². The molecule has 2 aromatic heterocycles. The fraction of sp³-hybridized carbons (Fsp3) is 0.500. The number of benzene rings is 1. The molecule has 1 saturated heterocycles. The Hall–Kier alpha value is -2.87. The number of ether oxygens (including phenoxy) is 1. The molecule has 2 aliphatic rings. The second kappa shape index (κ2) is 7.75. The zero-order chi connectivity index (χ0) is 20.7. The highest BCUT2D eigenvalue weighted by molar-refractivity contribution is 6.06. The van der Waals surface area contributed by atoms with Gasteiger partial charge in [0.15, 0.2) is 0 Å². The summed E-state index contributed by atoms with van der Waals surface area (Å²) in [6.07, 6.45) is 5.69. The molecule has 1 amide bonds. The Kier molecular flexibility index (Phi) is 4.94. The molecule has 0 spiro atoms. The number of nitrogens with one attached hydrogen (secondary N) is 1. The molecule has 0 radical (unpaired) electrons. The third-order valence-electron chi connectivity index (χ3n) is 6.21. The van der Waals surface area contributed by atoms with Crippen molar-refractivity contribution in [2.75, 3.05) is 26.8 Å². The number of carbonyl (C=O) groups is 1. The Morgan fingerprint density at radius 3 is 2.90 bits per heavy atom. The standard InChI is InChI=1S/C22H27N5O3/c1-30-12-11-26-22(29)27(16-8-9-16)20(24-26)15-5-4-10-25(14-15)21(28)18-13-23-19-7-3-2-6-17(18)19/h2-3,6-7,13,15-16,23H,4-5,8-12,14H2,1H3. The summed E-state index contributed by atoms with van der Waals surface area (Å²) >= 11 is 0. The fourth-order valence-corrected chi connectivity index (χ4v) is 4.51. The molecular formula is C22H27N5O3. The number of fused-ring (bicyclic) bond motifs is 1. The molecule has 3 aromatic rings. The minimum Gasteiger partial charge on any atom is -0.383 e. The van der Waals surface area contributed by atoms with E-state index in [9.17, 15) is 9.59 Å². The molecule has 3 heterocycles. The van der Waals surface area contributed by atoms with E-state index >= 15 is 0 Å². The molecule has 1 atom stereocenters. The van der Waals surface area contributed by atoms with Gasteiger partial charge in [0.05, 0.1) is 18.7 Å². The van der Waals surface area contributed by atoms with Gasteiger partial charge in [-0.3, -0.25) is 9.36 Å². The molecule has 5 rings (SSSR count). The molecule has 1 aliphatic carbocycles. The monoisotopic (exact) mass is 409 g/mol. The summed E-state index contributed by atoms with van der Waals surface area (Å²) in [5, 5.41) is 5.63. The molecule has 30 heavy (non-hydrogen) atoms. The van der Waals surface area contributed by atoms with Gasteiger partial charge in [0.25, 0.3) is 5.91 Å². The van der Waals surface area contributed by atoms with Crippen LogP contribution in [0.1, 0.15) is 53.8 Å². The number of hydrogen-bond acceptors (Lipinski definition) is 4. The Morgan fingerprint density at radius 2 is 2.10 bits per heavy atom. The summed E-state index contributed by atoms with van der Waals surface area (Å²) < 4.78 is 8.53. The van der Waals surface area contributed by atoms with Crippen LogP contribution in [0.15, 0.2) is 35.3 Å². The van der Waals surface area contributed by atoms with Crippen molar-refractivity contribution < 1.29 is 9.53 Å². The van der Waals surface area contributed by atoms with Crippen molar-refractivity contribution in [3.8, 4) is 0 Å². The summed E-state index contributed by atoms with van der Waals surface area (Å²) in [6.45, 7) is 2.22. The van der Waals surface area contributed by atoms with E-state index in [1.54, 1.807) is 13.3 Å². The van der Waals surface area contributed by atoms with Crippen LogP contribution < -0.4 is 5.69 Å². The molecule has 1 aromatic carbocycles. The molecule has 8 heteroatoms. The molecule has 158 valence electrons. The molecule has 0 bridgehead atoms. The van der Waals surface area contributed by atoms with Crippen LogP contribution >= 0.6 is 0 Å². The number of aromatic amines is 1. The van der Waals surface area contributed by atoms with Gasteiger partial charge in [0.2, 0.25) is 0 Å². The molecule has 1 aliphatic heterocycles. The number of likely N-dealkylation sites (tertiary alicyclic amines) is 1. The molecule has 1 N–H and O–H groups in total. The molecule has 1 unspecified atom stereocenters. The van der Waals surface area contributed by atoms with E-state index in [0.29, 0.717) is 25.3 Å². The van der Waals surface area contributed by atoms with Crippen LogP contribution in [0, 0.1) is 0 Å². The first-order valence-electron chi connectivity index (χ1n) is 10.7. The molecule has 2 fully saturated rings. The first-order chi connectivity index (χ1) is 14.7. The molecule has 8 nitrogen and oxygen atoms in total. The lowest BCUT2D eigenvalue weighted by Crippen LogP contribution is -2.40. The molecular weight excluding hydrogens is 382 g/mol. The van der Waals surface area contributed by atoms with E-state index < -0.39 is 0 Å². The highest BCUT2D eigenvalue weighted by Gasteiger charge is 2.35. The van der Waals surface area contributed by atoms with Crippen molar-refractivity contribution in [3.05, 3.63) is 52.3 Å². The first-order valence-corrected chi connectivity index (χ1v) is 10.7. The second-order valence-electron chi connectivity index (χ2n) is 8.30. The van der Waals surface area contributed by atoms with Crippen LogP contribution in [0.3, 0.4) is 0 Å². The summed E-state index contributed by atoms with van der Waals surface area (Å²) in [4.78, 5) is 31.3. The predicted molar refractivity (Wildman–Crippen MR) is 113 cm³/mol. The van der Waals surface area contributed by atoms with Crippen molar-refractivity contribution in [2.45, 2.75) is 44.2 Å². The van der Waals surface area contributed by atoms with E-state index in [1.807, 2.05) is 33.7 Å². The summed E-state index contributed by atoms with van der Waals surface area (Å²) in [5.74, 6) is 0.941. The van der Waals surface area contributed by atoms with Crippen LogP contribution in [-0.4, -0.2) is 56.9 Å². The van der Waals surface area contributed by atoms with E-state index in [-0.39, 0.29) is 23.6 Å². The lowest BCUT2D eigenvalue weighted by Gasteiger charge is -2.32. The maximum Gasteiger partial charge on any atom is 0.346 e. The number of para-hydroxylation sites is 1. The van der Waals surface area contributed by atoms with Gasteiger partial charge in [-0.2, -0.15) is 5.10 Å². The maximum absolute atomic E-state index is 13.3. The Balaban J connectivity index is 1.42. The fourth-order valence-electron chi connectivity index (χ4n) is 4.51.